The summed E-state index contributed by atoms with van der Waals surface area (Å²) in [4.78, 5) is 12.3. The fourth-order valence-electron chi connectivity index (χ4n) is 2.54. The van der Waals surface area contributed by atoms with Gasteiger partial charge in [0.15, 0.2) is 0 Å². The molecule has 0 saturated heterocycles. The van der Waals surface area contributed by atoms with Crippen molar-refractivity contribution in [1.29, 1.82) is 5.26 Å². The summed E-state index contributed by atoms with van der Waals surface area (Å²) in [5, 5.41) is 9.44. The van der Waals surface area contributed by atoms with E-state index >= 15 is 0 Å². The number of aryl methyl sites for hydroxylation is 1. The third-order valence-corrected chi connectivity index (χ3v) is 3.48. The minimum atomic E-state index is -0.572. The zero-order chi connectivity index (χ0) is 16.3. The Hall–Kier alpha value is -2.74. The number of carbonyl (C=O) groups excluding carboxylic acids is 1. The van der Waals surface area contributed by atoms with Crippen LogP contribution in [0.25, 0.3) is 0 Å². The van der Waals surface area contributed by atoms with Gasteiger partial charge in [-0.25, -0.2) is 4.79 Å². The standard InChI is InChI=1S/C17H18N2O3/c1-4-21-17(20)14-11(3)22-16(19)13(9-18)15(14)12-7-5-6-10(2)8-12/h5-8,15H,4,19H2,1-3H3/t15-/m0/s1. The van der Waals surface area contributed by atoms with Gasteiger partial charge in [0.2, 0.25) is 5.88 Å². The minimum absolute atomic E-state index is 0.0274. The predicted octanol–water partition coefficient (Wildman–Crippen LogP) is 2.64. The van der Waals surface area contributed by atoms with Crippen molar-refractivity contribution in [1.82, 2.24) is 0 Å². The number of carbonyl (C=O) groups is 1. The van der Waals surface area contributed by atoms with E-state index < -0.39 is 11.9 Å². The summed E-state index contributed by atoms with van der Waals surface area (Å²) in [5.74, 6) is -0.675. The smallest absolute Gasteiger partial charge is 0.338 e. The van der Waals surface area contributed by atoms with Crippen LogP contribution >= 0.6 is 0 Å². The highest BCUT2D eigenvalue weighted by atomic mass is 16.5. The van der Waals surface area contributed by atoms with E-state index in [1.807, 2.05) is 31.2 Å². The van der Waals surface area contributed by atoms with Crippen LogP contribution in [-0.4, -0.2) is 12.6 Å². The molecule has 1 aromatic rings. The van der Waals surface area contributed by atoms with Crippen molar-refractivity contribution >= 4 is 5.97 Å². The first-order valence-electron chi connectivity index (χ1n) is 7.01. The Morgan fingerprint density at radius 2 is 2.18 bits per heavy atom. The molecular weight excluding hydrogens is 280 g/mol. The molecule has 0 spiro atoms. The number of rotatable bonds is 3. The topological polar surface area (TPSA) is 85.3 Å². The van der Waals surface area contributed by atoms with Crippen LogP contribution < -0.4 is 5.73 Å². The molecule has 2 rings (SSSR count). The summed E-state index contributed by atoms with van der Waals surface area (Å²) in [6.07, 6.45) is 0. The van der Waals surface area contributed by atoms with E-state index in [0.29, 0.717) is 11.3 Å². The van der Waals surface area contributed by atoms with Crippen LogP contribution in [0.5, 0.6) is 0 Å². The van der Waals surface area contributed by atoms with Crippen LogP contribution in [0, 0.1) is 18.3 Å². The summed E-state index contributed by atoms with van der Waals surface area (Å²) in [5.41, 5.74) is 8.21. The van der Waals surface area contributed by atoms with E-state index in [-0.39, 0.29) is 18.1 Å². The normalized spacial score (nSPS) is 17.8. The monoisotopic (exact) mass is 298 g/mol. The molecule has 1 atom stereocenters. The van der Waals surface area contributed by atoms with Crippen molar-refractivity contribution in [2.45, 2.75) is 26.7 Å². The van der Waals surface area contributed by atoms with Crippen molar-refractivity contribution in [3.05, 3.63) is 58.2 Å². The van der Waals surface area contributed by atoms with E-state index in [1.54, 1.807) is 13.8 Å². The van der Waals surface area contributed by atoms with Gasteiger partial charge in [-0.3, -0.25) is 0 Å². The quantitative estimate of drug-likeness (QED) is 0.867. The number of nitrogens with two attached hydrogens (primary N) is 1. The van der Waals surface area contributed by atoms with Crippen LogP contribution in [0.4, 0.5) is 0 Å². The maximum absolute atomic E-state index is 12.3. The van der Waals surface area contributed by atoms with Crippen LogP contribution in [0.3, 0.4) is 0 Å². The molecule has 1 aliphatic heterocycles. The highest BCUT2D eigenvalue weighted by Gasteiger charge is 2.36. The molecule has 0 radical (unpaired) electrons. The Bertz CT molecular complexity index is 711. The third-order valence-electron chi connectivity index (χ3n) is 3.48. The zero-order valence-corrected chi connectivity index (χ0v) is 12.8. The van der Waals surface area contributed by atoms with Crippen LogP contribution in [0.15, 0.2) is 47.1 Å². The first-order chi connectivity index (χ1) is 10.5. The second kappa shape index (κ2) is 6.35. The van der Waals surface area contributed by atoms with Gasteiger partial charge in [0, 0.05) is 0 Å². The fraction of sp³-hybridized carbons (Fsp3) is 0.294. The molecule has 0 aliphatic carbocycles. The molecular formula is C17H18N2O3. The van der Waals surface area contributed by atoms with Crippen molar-refractivity contribution < 1.29 is 14.3 Å². The maximum atomic E-state index is 12.3. The lowest BCUT2D eigenvalue weighted by atomic mass is 9.82. The molecule has 1 heterocycles. The van der Waals surface area contributed by atoms with E-state index in [4.69, 9.17) is 15.2 Å². The first kappa shape index (κ1) is 15.6. The lowest BCUT2D eigenvalue weighted by molar-refractivity contribution is -0.139. The van der Waals surface area contributed by atoms with Gasteiger partial charge in [0.1, 0.15) is 17.4 Å². The van der Waals surface area contributed by atoms with Gasteiger partial charge >= 0.3 is 5.97 Å². The molecule has 1 aromatic carbocycles. The summed E-state index contributed by atoms with van der Waals surface area (Å²) in [6.45, 7) is 5.57. The molecule has 0 fully saturated rings. The van der Waals surface area contributed by atoms with Crippen LogP contribution in [-0.2, 0) is 14.3 Å². The number of esters is 1. The van der Waals surface area contributed by atoms with E-state index in [0.717, 1.165) is 11.1 Å². The van der Waals surface area contributed by atoms with Crippen molar-refractivity contribution in [2.75, 3.05) is 6.61 Å². The van der Waals surface area contributed by atoms with Gasteiger partial charge in [-0.05, 0) is 26.3 Å². The molecule has 1 aliphatic rings. The largest absolute Gasteiger partial charge is 0.463 e. The second-order valence-corrected chi connectivity index (χ2v) is 5.03. The lowest BCUT2D eigenvalue weighted by Crippen LogP contribution is -2.25. The van der Waals surface area contributed by atoms with Gasteiger partial charge in [0.05, 0.1) is 18.1 Å². The maximum Gasteiger partial charge on any atom is 0.338 e. The number of hydrogen-bond donors (Lipinski definition) is 1. The predicted molar refractivity (Wildman–Crippen MR) is 81.2 cm³/mol. The Morgan fingerprint density at radius 1 is 1.45 bits per heavy atom. The Balaban J connectivity index is 2.62. The molecule has 22 heavy (non-hydrogen) atoms. The molecule has 0 aromatic heterocycles. The van der Waals surface area contributed by atoms with Crippen LogP contribution in [0.2, 0.25) is 0 Å². The van der Waals surface area contributed by atoms with E-state index in [9.17, 15) is 10.1 Å². The summed E-state index contributed by atoms with van der Waals surface area (Å²) in [6, 6.07) is 9.67. The number of allylic oxidation sites excluding steroid dienone is 2. The number of nitrogens with zero attached hydrogens (tertiary/aromatic N) is 1. The summed E-state index contributed by atoms with van der Waals surface area (Å²) < 4.78 is 10.5. The third kappa shape index (κ3) is 2.82. The molecule has 5 nitrogen and oxygen atoms in total. The Kier molecular flexibility index (Phi) is 4.52. The van der Waals surface area contributed by atoms with Crippen molar-refractivity contribution in [3.8, 4) is 6.07 Å². The summed E-state index contributed by atoms with van der Waals surface area (Å²) >= 11 is 0. The molecule has 5 heteroatoms. The van der Waals surface area contributed by atoms with E-state index in [2.05, 4.69) is 6.07 Å². The van der Waals surface area contributed by atoms with Gasteiger partial charge < -0.3 is 15.2 Å². The van der Waals surface area contributed by atoms with Gasteiger partial charge in [-0.1, -0.05) is 29.8 Å². The second-order valence-electron chi connectivity index (χ2n) is 5.03. The van der Waals surface area contributed by atoms with Gasteiger partial charge in [-0.15, -0.1) is 0 Å². The van der Waals surface area contributed by atoms with Crippen molar-refractivity contribution in [3.63, 3.8) is 0 Å². The van der Waals surface area contributed by atoms with Crippen molar-refractivity contribution in [2.24, 2.45) is 5.73 Å². The minimum Gasteiger partial charge on any atom is -0.463 e. The molecule has 0 amide bonds. The average Bonchev–Trinajstić information content (AvgIpc) is 2.46. The summed E-state index contributed by atoms with van der Waals surface area (Å²) in [7, 11) is 0. The molecule has 0 saturated carbocycles. The molecule has 0 bridgehead atoms. The fourth-order valence-corrected chi connectivity index (χ4v) is 2.54. The number of ether oxygens (including phenoxy) is 2. The highest BCUT2D eigenvalue weighted by molar-refractivity contribution is 5.92. The molecule has 114 valence electrons. The molecule has 2 N–H and O–H groups in total. The van der Waals surface area contributed by atoms with Crippen LogP contribution in [0.1, 0.15) is 30.9 Å². The first-order valence-corrected chi connectivity index (χ1v) is 7.01. The lowest BCUT2D eigenvalue weighted by Gasteiger charge is -2.27. The number of nitriles is 1. The Morgan fingerprint density at radius 3 is 2.77 bits per heavy atom. The zero-order valence-electron chi connectivity index (χ0n) is 12.8. The highest BCUT2D eigenvalue weighted by Crippen LogP contribution is 2.39. The number of benzene rings is 1. The molecule has 0 unspecified atom stereocenters. The van der Waals surface area contributed by atoms with Gasteiger partial charge in [0.25, 0.3) is 0 Å². The SMILES string of the molecule is CCOC(=O)C1=C(C)OC(N)=C(C#N)[C@@H]1c1cccc(C)c1. The number of hydrogen-bond acceptors (Lipinski definition) is 5. The van der Waals surface area contributed by atoms with E-state index in [1.165, 1.54) is 0 Å². The van der Waals surface area contributed by atoms with Gasteiger partial charge in [-0.2, -0.15) is 5.26 Å². The average molecular weight is 298 g/mol. The Labute approximate surface area is 129 Å².